The average Bonchev–Trinajstić information content (AvgIpc) is 4.07. The fraction of sp³-hybridized carbons (Fsp3) is 0.472. The fourth-order valence-electron chi connectivity index (χ4n) is 9.87. The van der Waals surface area contributed by atoms with Crippen LogP contribution < -0.4 is 27.6 Å². The van der Waals surface area contributed by atoms with Crippen molar-refractivity contribution < 1.29 is 28.1 Å². The molecule has 396 valence electrons. The number of aromatic nitrogens is 6. The Morgan fingerprint density at radius 2 is 1.26 bits per heavy atom. The molecule has 6 aromatic rings. The molecule has 4 aromatic heterocycles. The molecule has 4 atom stereocenters. The molecule has 18 nitrogen and oxygen atoms in total. The number of nitriles is 1. The van der Waals surface area contributed by atoms with Gasteiger partial charge in [0.1, 0.15) is 11.6 Å². The number of fused-ring (bicyclic) bond motifs is 2. The lowest BCUT2D eigenvalue weighted by atomic mass is 9.89. The number of primary amides is 1. The first-order valence-electron chi connectivity index (χ1n) is 25.5. The van der Waals surface area contributed by atoms with Crippen molar-refractivity contribution in [2.24, 2.45) is 28.3 Å². The van der Waals surface area contributed by atoms with E-state index in [9.17, 15) is 23.2 Å². The fourth-order valence-corrected chi connectivity index (χ4v) is 11.8. The number of carbonyl (C=O) groups is 3. The van der Waals surface area contributed by atoms with E-state index in [1.165, 1.54) is 37.4 Å². The molecular formula is C53H72F2N14O4Si. The Balaban J connectivity index is 0.000000217. The predicted octanol–water partition coefficient (Wildman–Crippen LogP) is 9.11. The first kappa shape index (κ1) is 57.9. The van der Waals surface area contributed by atoms with E-state index in [4.69, 9.17) is 16.9 Å². The largest absolute Gasteiger partial charge is 0.351 e. The Hall–Kier alpha value is -7.02. The molecule has 0 radical (unpaired) electrons. The summed E-state index contributed by atoms with van der Waals surface area (Å²) >= 11 is 0. The second kappa shape index (κ2) is 28.4. The van der Waals surface area contributed by atoms with Gasteiger partial charge in [0, 0.05) is 55.3 Å². The van der Waals surface area contributed by atoms with Gasteiger partial charge in [-0.2, -0.15) is 15.5 Å². The van der Waals surface area contributed by atoms with E-state index in [0.717, 1.165) is 82.0 Å². The molecule has 0 spiro atoms. The quantitative estimate of drug-likeness (QED) is 0.0479. The highest BCUT2D eigenvalue weighted by Gasteiger charge is 2.31. The smallest absolute Gasteiger partial charge is 0.314 e. The second-order valence-electron chi connectivity index (χ2n) is 18.4. The minimum atomic E-state index is -0.813. The van der Waals surface area contributed by atoms with Crippen molar-refractivity contribution in [1.29, 1.82) is 5.26 Å². The van der Waals surface area contributed by atoms with Crippen LogP contribution in [0.15, 0.2) is 90.5 Å². The second-order valence-corrected chi connectivity index (χ2v) is 20.8. The van der Waals surface area contributed by atoms with Gasteiger partial charge in [-0.15, -0.1) is 10.7 Å². The zero-order chi connectivity index (χ0) is 53.8. The van der Waals surface area contributed by atoms with Crippen molar-refractivity contribution >= 4 is 48.2 Å². The average molecular weight is 1040 g/mol. The molecule has 2 fully saturated rings. The zero-order valence-electron chi connectivity index (χ0n) is 43.7. The van der Waals surface area contributed by atoms with E-state index in [1.54, 1.807) is 75.6 Å². The van der Waals surface area contributed by atoms with E-state index in [2.05, 4.69) is 80.1 Å². The molecule has 4 unspecified atom stereocenters. The highest BCUT2D eigenvalue weighted by atomic mass is 28.2. The van der Waals surface area contributed by atoms with Crippen LogP contribution in [0.25, 0.3) is 33.2 Å². The maximum absolute atomic E-state index is 13.3. The van der Waals surface area contributed by atoms with Gasteiger partial charge < -0.3 is 31.5 Å². The number of likely N-dealkylation sites (tertiary alicyclic amines) is 1. The number of hydrogen-bond donors (Lipinski definition) is 5. The molecule has 7 N–H and O–H groups in total. The summed E-state index contributed by atoms with van der Waals surface area (Å²) in [6.45, 7) is 17.5. The maximum Gasteiger partial charge on any atom is 0.314 e. The lowest BCUT2D eigenvalue weighted by Crippen LogP contribution is -2.50. The molecule has 0 bridgehead atoms. The number of urea groups is 1. The molecule has 74 heavy (non-hydrogen) atoms. The Morgan fingerprint density at radius 3 is 1.66 bits per heavy atom. The van der Waals surface area contributed by atoms with E-state index in [1.807, 2.05) is 6.92 Å². The lowest BCUT2D eigenvalue weighted by molar-refractivity contribution is 0.0894. The van der Waals surface area contributed by atoms with Gasteiger partial charge in [0.15, 0.2) is 8.59 Å². The highest BCUT2D eigenvalue weighted by molar-refractivity contribution is 6.48. The van der Waals surface area contributed by atoms with E-state index in [-0.39, 0.29) is 41.5 Å². The molecule has 0 saturated carbocycles. The Bertz CT molecular complexity index is 2820. The van der Waals surface area contributed by atoms with Crippen LogP contribution in [0.4, 0.5) is 13.6 Å². The molecule has 2 aliphatic rings. The van der Waals surface area contributed by atoms with E-state index < -0.39 is 14.6 Å². The molecule has 0 aliphatic carbocycles. The van der Waals surface area contributed by atoms with Crippen LogP contribution in [0.3, 0.4) is 0 Å². The Kier molecular flexibility index (Phi) is 22.2. The van der Waals surface area contributed by atoms with Crippen molar-refractivity contribution in [3.05, 3.63) is 108 Å². The molecule has 21 heteroatoms. The first-order valence-corrected chi connectivity index (χ1v) is 27.4. The number of carbonyl (C=O) groups excluding carboxylic acids is 3. The van der Waals surface area contributed by atoms with Gasteiger partial charge in [0.25, 0.3) is 11.8 Å². The minimum Gasteiger partial charge on any atom is -0.351 e. The summed E-state index contributed by atoms with van der Waals surface area (Å²) in [5, 5.41) is 27.6. The van der Waals surface area contributed by atoms with Crippen molar-refractivity contribution in [3.8, 4) is 17.4 Å². The third-order valence-electron chi connectivity index (χ3n) is 14.4. The summed E-state index contributed by atoms with van der Waals surface area (Å²) in [6, 6.07) is 13.4. The van der Waals surface area contributed by atoms with Gasteiger partial charge in [-0.1, -0.05) is 34.6 Å². The van der Waals surface area contributed by atoms with Crippen LogP contribution in [-0.4, -0.2) is 99.1 Å². The summed E-state index contributed by atoms with van der Waals surface area (Å²) in [6.07, 6.45) is 18.9. The number of nitrogens with zero attached hydrogens (tertiary/aromatic N) is 9. The topological polar surface area (TPSA) is 249 Å². The predicted molar refractivity (Wildman–Crippen MR) is 284 cm³/mol. The number of benzene rings is 2. The number of pyridine rings is 2. The van der Waals surface area contributed by atoms with Crippen molar-refractivity contribution in [1.82, 2.24) is 50.4 Å². The zero-order valence-corrected chi connectivity index (χ0v) is 44.7. The molecule has 2 saturated heterocycles. The van der Waals surface area contributed by atoms with Crippen LogP contribution in [0.2, 0.25) is 11.6 Å². The molecule has 2 aliphatic heterocycles. The molecule has 4 amide bonds. The van der Waals surface area contributed by atoms with Crippen LogP contribution in [0, 0.1) is 34.8 Å². The third kappa shape index (κ3) is 14.6. The summed E-state index contributed by atoms with van der Waals surface area (Å²) in [4.78, 5) is 56.2. The number of hydrogen-bond acceptors (Lipinski definition) is 12. The number of piperidine rings is 2. The van der Waals surface area contributed by atoms with Crippen molar-refractivity contribution in [2.45, 2.75) is 123 Å². The summed E-state index contributed by atoms with van der Waals surface area (Å²) < 4.78 is 29.8. The van der Waals surface area contributed by atoms with Crippen LogP contribution >= 0.6 is 0 Å². The Morgan fingerprint density at radius 1 is 0.797 bits per heavy atom. The van der Waals surface area contributed by atoms with Crippen LogP contribution in [-0.2, 0) is 4.94 Å². The van der Waals surface area contributed by atoms with Crippen molar-refractivity contribution in [3.63, 3.8) is 0 Å². The van der Waals surface area contributed by atoms with E-state index >= 15 is 0 Å². The van der Waals surface area contributed by atoms with Gasteiger partial charge in [0.2, 0.25) is 0 Å². The van der Waals surface area contributed by atoms with Gasteiger partial charge in [0.05, 0.1) is 64.4 Å². The number of nitrogens with one attached hydrogen (secondary N) is 3. The molecular weight excluding hydrogens is 963 g/mol. The first-order chi connectivity index (χ1) is 35.7. The molecule has 8 rings (SSSR count). The summed E-state index contributed by atoms with van der Waals surface area (Å²) in [7, 11) is -0.813. The third-order valence-corrected chi connectivity index (χ3v) is 17.3. The number of rotatable bonds is 15. The van der Waals surface area contributed by atoms with Crippen molar-refractivity contribution in [2.75, 3.05) is 26.2 Å². The van der Waals surface area contributed by atoms with Gasteiger partial charge in [-0.3, -0.25) is 19.6 Å². The molecule has 6 heterocycles. The standard InChI is InChI=1S/C22H25FN6O2.C21H24FN5O.C8H20N2OSi.C2H3N/c1-2-19(14-4-3-9-28(13-14)22(24)31)27-21(30)18-10-25-12-20-17(18)11-26-29(20)16-7-5-15(23)6-8-16;1-2-19(14-4-3-9-23-10-14)26-21(28)18-11-24-13-20-17(18)12-25-27(20)16-7-5-15(22)6-8-16;1-5-8(6-2,7-3)12(4)10-11-9;1-2-3/h5-8,10-12,14,19H,2-4,9,13H2,1H3,(H2,24,31)(H,27,30);5-8,11-14,19,23H,2-4,9-10H2,1H3,(H,26,28);5-7,9H2,1-4H3;1H3/b;;12-10+;. The SMILES string of the molecule is CC#N.CCC(CC)(CC)/[Si](C)=N/ON.CCC(NC(=O)c1cncc2c1cnn2-c1ccc(F)cc1)C1CCCN(C(N)=O)C1.CCC(NC(=O)c1cncc2c1cnn2-c1ccc(F)cc1)C1CCCNC1. The van der Waals surface area contributed by atoms with Gasteiger partial charge in [-0.05, 0) is 143 Å². The summed E-state index contributed by atoms with van der Waals surface area (Å²) in [5.41, 5.74) is 9.14. The number of nitrogens with two attached hydrogens (primary N) is 2. The Labute approximate surface area is 433 Å². The molecule has 2 aromatic carbocycles. The highest BCUT2D eigenvalue weighted by Crippen LogP contribution is 2.39. The monoisotopic (exact) mass is 1030 g/mol. The number of amides is 4. The maximum atomic E-state index is 13.3. The minimum absolute atomic E-state index is 0.0861. The van der Waals surface area contributed by atoms with E-state index in [0.29, 0.717) is 57.3 Å². The van der Waals surface area contributed by atoms with Gasteiger partial charge in [-0.25, -0.2) is 22.9 Å². The normalized spacial score (nSPS) is 16.4. The van der Waals surface area contributed by atoms with Gasteiger partial charge >= 0.3 is 6.03 Å². The summed E-state index contributed by atoms with van der Waals surface area (Å²) in [5.74, 6) is 4.53. The van der Waals surface area contributed by atoms with Crippen LogP contribution in [0.1, 0.15) is 120 Å². The number of halogens is 2. The van der Waals surface area contributed by atoms with Crippen LogP contribution in [0.5, 0.6) is 0 Å². The lowest BCUT2D eigenvalue weighted by Gasteiger charge is -2.36.